The first-order chi connectivity index (χ1) is 11.0. The molecule has 1 amide bonds. The van der Waals surface area contributed by atoms with Gasteiger partial charge in [0.2, 0.25) is 5.91 Å². The van der Waals surface area contributed by atoms with Crippen LogP contribution in [-0.2, 0) is 11.3 Å². The smallest absolute Gasteiger partial charge is 0.226 e. The number of carbonyl (C=O) groups is 1. The zero-order chi connectivity index (χ0) is 16.4. The highest BCUT2D eigenvalue weighted by Crippen LogP contribution is 2.19. The first-order valence-electron chi connectivity index (χ1n) is 7.25. The van der Waals surface area contributed by atoms with Gasteiger partial charge in [0, 0.05) is 11.6 Å². The molecule has 0 aliphatic carbocycles. The van der Waals surface area contributed by atoms with E-state index in [-0.39, 0.29) is 11.8 Å². The summed E-state index contributed by atoms with van der Waals surface area (Å²) in [4.78, 5) is 24.1. The van der Waals surface area contributed by atoms with E-state index < -0.39 is 0 Å². The van der Waals surface area contributed by atoms with E-state index >= 15 is 0 Å². The van der Waals surface area contributed by atoms with Crippen molar-refractivity contribution in [2.45, 2.75) is 20.4 Å². The highest BCUT2D eigenvalue weighted by molar-refractivity contribution is 6.33. The quantitative estimate of drug-likeness (QED) is 0.746. The molecule has 7 heteroatoms. The summed E-state index contributed by atoms with van der Waals surface area (Å²) in [6.07, 6.45) is 3.12. The lowest BCUT2D eigenvalue weighted by atomic mass is 10.1. The maximum absolute atomic E-state index is 11.7. The van der Waals surface area contributed by atoms with Crippen molar-refractivity contribution < 1.29 is 4.79 Å². The molecule has 3 rings (SSSR count). The topological polar surface area (TPSA) is 72.7 Å². The highest BCUT2D eigenvalue weighted by Gasteiger charge is 2.09. The Bertz CT molecular complexity index is 841. The minimum atomic E-state index is -0.0450. The van der Waals surface area contributed by atoms with E-state index in [1.54, 1.807) is 6.33 Å². The van der Waals surface area contributed by atoms with Crippen LogP contribution in [0.15, 0.2) is 36.9 Å². The molecule has 0 atom stereocenters. The van der Waals surface area contributed by atoms with Gasteiger partial charge in [0.25, 0.3) is 0 Å². The third-order valence-corrected chi connectivity index (χ3v) is 3.73. The number of hydrogen-bond donors (Lipinski definition) is 1. The monoisotopic (exact) mass is 329 g/mol. The first-order valence-corrected chi connectivity index (χ1v) is 7.63. The molecule has 0 spiro atoms. The predicted octanol–water partition coefficient (Wildman–Crippen LogP) is 3.12. The summed E-state index contributed by atoms with van der Waals surface area (Å²) < 4.78 is 1.91. The number of imidazole rings is 1. The second-order valence-electron chi connectivity index (χ2n) is 5.55. The van der Waals surface area contributed by atoms with E-state index in [1.807, 2.05) is 42.7 Å². The molecular formula is C16H16ClN5O. The number of nitrogens with one attached hydrogen (secondary N) is 1. The van der Waals surface area contributed by atoms with E-state index in [4.69, 9.17) is 11.6 Å². The van der Waals surface area contributed by atoms with Gasteiger partial charge in [-0.3, -0.25) is 4.79 Å². The lowest BCUT2D eigenvalue weighted by Gasteiger charge is -2.09. The lowest BCUT2D eigenvalue weighted by Crippen LogP contribution is -2.17. The van der Waals surface area contributed by atoms with Gasteiger partial charge in [-0.1, -0.05) is 37.6 Å². The maximum Gasteiger partial charge on any atom is 0.226 e. The number of rotatable bonds is 4. The molecule has 23 heavy (non-hydrogen) atoms. The van der Waals surface area contributed by atoms with E-state index in [1.165, 1.54) is 6.33 Å². The molecule has 6 nitrogen and oxygen atoms in total. The average molecular weight is 330 g/mol. The van der Waals surface area contributed by atoms with Crippen LogP contribution in [0.5, 0.6) is 0 Å². The molecule has 0 fully saturated rings. The van der Waals surface area contributed by atoms with Crippen LogP contribution in [0, 0.1) is 5.92 Å². The minimum Gasteiger partial charge on any atom is -0.326 e. The Balaban J connectivity index is 1.77. The Morgan fingerprint density at radius 1 is 1.22 bits per heavy atom. The fourth-order valence-corrected chi connectivity index (χ4v) is 2.32. The van der Waals surface area contributed by atoms with Crippen LogP contribution in [0.1, 0.15) is 19.4 Å². The number of fused-ring (bicyclic) bond motifs is 1. The Morgan fingerprint density at radius 3 is 2.65 bits per heavy atom. The molecule has 2 aromatic heterocycles. The van der Waals surface area contributed by atoms with Crippen molar-refractivity contribution >= 4 is 34.4 Å². The number of amides is 1. The van der Waals surface area contributed by atoms with Gasteiger partial charge in [0.15, 0.2) is 10.8 Å². The van der Waals surface area contributed by atoms with Crippen LogP contribution in [0.2, 0.25) is 5.15 Å². The number of hydrogen-bond acceptors (Lipinski definition) is 4. The van der Waals surface area contributed by atoms with Gasteiger partial charge in [-0.05, 0) is 17.7 Å². The summed E-state index contributed by atoms with van der Waals surface area (Å²) in [5.41, 5.74) is 3.15. The molecule has 0 saturated heterocycles. The van der Waals surface area contributed by atoms with E-state index in [0.29, 0.717) is 22.9 Å². The Kier molecular flexibility index (Phi) is 4.25. The largest absolute Gasteiger partial charge is 0.326 e. The van der Waals surface area contributed by atoms with Crippen molar-refractivity contribution in [3.05, 3.63) is 47.6 Å². The van der Waals surface area contributed by atoms with E-state index in [2.05, 4.69) is 20.3 Å². The third-order valence-electron chi connectivity index (χ3n) is 3.46. The number of halogens is 1. The second kappa shape index (κ2) is 6.34. The zero-order valence-corrected chi connectivity index (χ0v) is 13.6. The zero-order valence-electron chi connectivity index (χ0n) is 12.8. The van der Waals surface area contributed by atoms with Gasteiger partial charge in [0.05, 0.1) is 12.9 Å². The minimum absolute atomic E-state index is 0.00435. The van der Waals surface area contributed by atoms with Crippen molar-refractivity contribution in [1.29, 1.82) is 0 Å². The van der Waals surface area contributed by atoms with Gasteiger partial charge in [0.1, 0.15) is 11.8 Å². The summed E-state index contributed by atoms with van der Waals surface area (Å²) in [5, 5.41) is 3.22. The summed E-state index contributed by atoms with van der Waals surface area (Å²) in [6, 6.07) is 7.70. The maximum atomic E-state index is 11.7. The number of nitrogens with zero attached hydrogens (tertiary/aromatic N) is 4. The van der Waals surface area contributed by atoms with Crippen molar-refractivity contribution in [3.8, 4) is 0 Å². The van der Waals surface area contributed by atoms with Crippen LogP contribution < -0.4 is 5.32 Å². The van der Waals surface area contributed by atoms with Gasteiger partial charge in [-0.25, -0.2) is 15.0 Å². The van der Waals surface area contributed by atoms with Crippen LogP contribution in [0.4, 0.5) is 5.69 Å². The fourth-order valence-electron chi connectivity index (χ4n) is 2.14. The van der Waals surface area contributed by atoms with Gasteiger partial charge < -0.3 is 9.88 Å². The van der Waals surface area contributed by atoms with Crippen molar-refractivity contribution in [2.24, 2.45) is 5.92 Å². The van der Waals surface area contributed by atoms with Gasteiger partial charge >= 0.3 is 0 Å². The molecule has 0 unspecified atom stereocenters. The predicted molar refractivity (Wildman–Crippen MR) is 89.3 cm³/mol. The summed E-state index contributed by atoms with van der Waals surface area (Å²) in [7, 11) is 0. The number of benzene rings is 1. The van der Waals surface area contributed by atoms with E-state index in [0.717, 1.165) is 11.3 Å². The Hall–Kier alpha value is -2.47. The highest BCUT2D eigenvalue weighted by atomic mass is 35.5. The molecule has 0 saturated carbocycles. The summed E-state index contributed by atoms with van der Waals surface area (Å²) in [6.45, 7) is 4.34. The number of aromatic nitrogens is 4. The van der Waals surface area contributed by atoms with Crippen LogP contribution in [0.3, 0.4) is 0 Å². The van der Waals surface area contributed by atoms with Crippen LogP contribution in [-0.4, -0.2) is 25.4 Å². The van der Waals surface area contributed by atoms with E-state index in [9.17, 15) is 4.79 Å². The molecular weight excluding hydrogens is 314 g/mol. The number of carbonyl (C=O) groups excluding carboxylic acids is 1. The molecule has 3 aromatic rings. The fraction of sp³-hybridized carbons (Fsp3) is 0.250. The molecule has 0 aliphatic rings. The van der Waals surface area contributed by atoms with Crippen molar-refractivity contribution in [2.75, 3.05) is 5.32 Å². The lowest BCUT2D eigenvalue weighted by molar-refractivity contribution is -0.118. The standard InChI is InChI=1S/C16H16ClN5O/c1-10(2)16(23)21-12-5-3-11(4-6-12)7-22-9-20-13-14(17)18-8-19-15(13)22/h3-6,8-10H,7H2,1-2H3,(H,21,23). The molecule has 1 N–H and O–H groups in total. The molecule has 1 aromatic carbocycles. The van der Waals surface area contributed by atoms with Gasteiger partial charge in [-0.15, -0.1) is 0 Å². The van der Waals surface area contributed by atoms with Crippen molar-refractivity contribution in [1.82, 2.24) is 19.5 Å². The summed E-state index contributed by atoms with van der Waals surface area (Å²) >= 11 is 6.00. The average Bonchev–Trinajstić information content (AvgIpc) is 2.94. The Labute approximate surface area is 138 Å². The summed E-state index contributed by atoms with van der Waals surface area (Å²) in [5.74, 6) is -0.0406. The first kappa shape index (κ1) is 15.4. The molecule has 0 aliphatic heterocycles. The molecule has 2 heterocycles. The second-order valence-corrected chi connectivity index (χ2v) is 5.91. The van der Waals surface area contributed by atoms with Crippen LogP contribution in [0.25, 0.3) is 11.2 Å². The SMILES string of the molecule is CC(C)C(=O)Nc1ccc(Cn2cnc3c(Cl)ncnc32)cc1. The third kappa shape index (κ3) is 3.32. The van der Waals surface area contributed by atoms with Gasteiger partial charge in [-0.2, -0.15) is 0 Å². The molecule has 0 radical (unpaired) electrons. The van der Waals surface area contributed by atoms with Crippen LogP contribution >= 0.6 is 11.6 Å². The molecule has 0 bridgehead atoms. The van der Waals surface area contributed by atoms with Crippen molar-refractivity contribution in [3.63, 3.8) is 0 Å². The normalized spacial score (nSPS) is 11.1. The number of anilines is 1. The Morgan fingerprint density at radius 2 is 1.96 bits per heavy atom. The molecule has 118 valence electrons.